The highest BCUT2D eigenvalue weighted by Crippen LogP contribution is 2.28. The highest BCUT2D eigenvalue weighted by Gasteiger charge is 2.09. The summed E-state index contributed by atoms with van der Waals surface area (Å²) in [4.78, 5) is 4.77. The molecule has 3 heteroatoms. The summed E-state index contributed by atoms with van der Waals surface area (Å²) < 4.78 is 0. The van der Waals surface area contributed by atoms with Gasteiger partial charge in [-0.15, -0.1) is 0 Å². The highest BCUT2D eigenvalue weighted by atomic mass is 32.2. The largest absolute Gasteiger partial charge is 0.388 e. The molecule has 22 heavy (non-hydrogen) atoms. The molecule has 0 saturated carbocycles. The smallest absolute Gasteiger partial charge is 0.0802 e. The molecule has 2 rings (SSSR count). The lowest BCUT2D eigenvalue weighted by Crippen LogP contribution is -2.25. The summed E-state index contributed by atoms with van der Waals surface area (Å²) in [5.41, 5.74) is 1.00. The molecular formula is C19H25NOS. The van der Waals surface area contributed by atoms with Gasteiger partial charge in [0.1, 0.15) is 0 Å². The van der Waals surface area contributed by atoms with Gasteiger partial charge in [0, 0.05) is 16.3 Å². The summed E-state index contributed by atoms with van der Waals surface area (Å²) in [5, 5.41) is 10.3. The molecule has 0 spiro atoms. The van der Waals surface area contributed by atoms with E-state index in [4.69, 9.17) is 0 Å². The minimum absolute atomic E-state index is 0.378. The molecule has 0 saturated heterocycles. The van der Waals surface area contributed by atoms with Crippen molar-refractivity contribution >= 4 is 11.8 Å². The van der Waals surface area contributed by atoms with Crippen LogP contribution in [0.4, 0.5) is 0 Å². The SMILES string of the molecule is CCN(CC)CCC(O)c1ccc(Sc2ccccc2)cc1. The van der Waals surface area contributed by atoms with Crippen LogP contribution in [0.15, 0.2) is 64.4 Å². The second-order valence-electron chi connectivity index (χ2n) is 5.32. The molecule has 2 nitrogen and oxygen atoms in total. The summed E-state index contributed by atoms with van der Waals surface area (Å²) >= 11 is 1.74. The Hall–Kier alpha value is -1.29. The van der Waals surface area contributed by atoms with Crippen LogP contribution >= 0.6 is 11.8 Å². The van der Waals surface area contributed by atoms with Crippen molar-refractivity contribution < 1.29 is 5.11 Å². The third kappa shape index (κ3) is 5.16. The predicted molar refractivity (Wildman–Crippen MR) is 94.4 cm³/mol. The molecule has 1 atom stereocenters. The minimum Gasteiger partial charge on any atom is -0.388 e. The van der Waals surface area contributed by atoms with E-state index >= 15 is 0 Å². The van der Waals surface area contributed by atoms with Crippen LogP contribution in [0.1, 0.15) is 31.9 Å². The van der Waals surface area contributed by atoms with E-state index in [1.54, 1.807) is 11.8 Å². The van der Waals surface area contributed by atoms with Crippen molar-refractivity contribution in [1.82, 2.24) is 4.90 Å². The molecule has 1 unspecified atom stereocenters. The Bertz CT molecular complexity index is 537. The van der Waals surface area contributed by atoms with Gasteiger partial charge in [-0.25, -0.2) is 0 Å². The van der Waals surface area contributed by atoms with E-state index in [1.807, 2.05) is 30.3 Å². The van der Waals surface area contributed by atoms with Gasteiger partial charge >= 0.3 is 0 Å². The zero-order valence-corrected chi connectivity index (χ0v) is 14.2. The average Bonchev–Trinajstić information content (AvgIpc) is 2.57. The van der Waals surface area contributed by atoms with Gasteiger partial charge in [-0.3, -0.25) is 0 Å². The highest BCUT2D eigenvalue weighted by molar-refractivity contribution is 7.99. The van der Waals surface area contributed by atoms with Crippen LogP contribution in [0.2, 0.25) is 0 Å². The predicted octanol–water partition coefficient (Wildman–Crippen LogP) is 4.60. The van der Waals surface area contributed by atoms with Gasteiger partial charge in [0.05, 0.1) is 6.10 Å². The van der Waals surface area contributed by atoms with Crippen molar-refractivity contribution in [2.24, 2.45) is 0 Å². The zero-order chi connectivity index (χ0) is 15.8. The van der Waals surface area contributed by atoms with E-state index in [0.29, 0.717) is 0 Å². The van der Waals surface area contributed by atoms with Gasteiger partial charge in [-0.1, -0.05) is 55.9 Å². The zero-order valence-electron chi connectivity index (χ0n) is 13.4. The van der Waals surface area contributed by atoms with Gasteiger partial charge in [-0.05, 0) is 49.3 Å². The van der Waals surface area contributed by atoms with Gasteiger partial charge in [-0.2, -0.15) is 0 Å². The molecule has 2 aromatic rings. The third-order valence-electron chi connectivity index (χ3n) is 3.86. The summed E-state index contributed by atoms with van der Waals surface area (Å²) in [6, 6.07) is 18.6. The number of nitrogens with zero attached hydrogens (tertiary/aromatic N) is 1. The van der Waals surface area contributed by atoms with E-state index in [1.165, 1.54) is 9.79 Å². The average molecular weight is 315 g/mol. The molecule has 0 aliphatic carbocycles. The van der Waals surface area contributed by atoms with E-state index in [9.17, 15) is 5.11 Å². The summed E-state index contributed by atoms with van der Waals surface area (Å²) in [6.07, 6.45) is 0.406. The molecule has 0 heterocycles. The summed E-state index contributed by atoms with van der Waals surface area (Å²) in [5.74, 6) is 0. The molecule has 0 aliphatic heterocycles. The van der Waals surface area contributed by atoms with E-state index in [2.05, 4.69) is 43.0 Å². The van der Waals surface area contributed by atoms with E-state index < -0.39 is 0 Å². The van der Waals surface area contributed by atoms with E-state index in [-0.39, 0.29) is 6.10 Å². The molecular weight excluding hydrogens is 290 g/mol. The lowest BCUT2D eigenvalue weighted by atomic mass is 10.1. The van der Waals surface area contributed by atoms with Gasteiger partial charge in [0.25, 0.3) is 0 Å². The first-order valence-corrected chi connectivity index (χ1v) is 8.77. The Balaban J connectivity index is 1.90. The monoisotopic (exact) mass is 315 g/mol. The van der Waals surface area contributed by atoms with Crippen LogP contribution in [-0.4, -0.2) is 29.6 Å². The molecule has 0 radical (unpaired) electrons. The number of rotatable bonds is 8. The van der Waals surface area contributed by atoms with Crippen molar-refractivity contribution in [2.45, 2.75) is 36.2 Å². The number of benzene rings is 2. The van der Waals surface area contributed by atoms with Crippen molar-refractivity contribution in [3.05, 3.63) is 60.2 Å². The maximum atomic E-state index is 10.3. The maximum Gasteiger partial charge on any atom is 0.0802 e. The fourth-order valence-corrected chi connectivity index (χ4v) is 3.23. The van der Waals surface area contributed by atoms with Crippen molar-refractivity contribution in [3.63, 3.8) is 0 Å². The van der Waals surface area contributed by atoms with Crippen LogP contribution in [0.3, 0.4) is 0 Å². The fourth-order valence-electron chi connectivity index (χ4n) is 2.39. The molecule has 0 amide bonds. The topological polar surface area (TPSA) is 23.5 Å². The first kappa shape index (κ1) is 17.1. The third-order valence-corrected chi connectivity index (χ3v) is 4.87. The number of aliphatic hydroxyl groups excluding tert-OH is 1. The normalized spacial score (nSPS) is 12.5. The molecule has 0 aliphatic rings. The Morgan fingerprint density at radius 3 is 2.09 bits per heavy atom. The Labute approximate surface area is 138 Å². The Morgan fingerprint density at radius 2 is 1.50 bits per heavy atom. The lowest BCUT2D eigenvalue weighted by Gasteiger charge is -2.20. The molecule has 2 aromatic carbocycles. The second kappa shape index (κ2) is 8.99. The minimum atomic E-state index is -0.378. The molecule has 0 bridgehead atoms. The van der Waals surface area contributed by atoms with Crippen LogP contribution in [0.25, 0.3) is 0 Å². The van der Waals surface area contributed by atoms with Crippen molar-refractivity contribution in [1.29, 1.82) is 0 Å². The van der Waals surface area contributed by atoms with Crippen LogP contribution < -0.4 is 0 Å². The Kier molecular flexibility index (Phi) is 6.97. The molecule has 118 valence electrons. The number of hydrogen-bond donors (Lipinski definition) is 1. The van der Waals surface area contributed by atoms with Crippen LogP contribution in [0, 0.1) is 0 Å². The van der Waals surface area contributed by atoms with Crippen molar-refractivity contribution in [2.75, 3.05) is 19.6 Å². The van der Waals surface area contributed by atoms with Gasteiger partial charge in [0.2, 0.25) is 0 Å². The van der Waals surface area contributed by atoms with Crippen molar-refractivity contribution in [3.8, 4) is 0 Å². The molecule has 0 fully saturated rings. The first-order chi connectivity index (χ1) is 10.7. The van der Waals surface area contributed by atoms with Crippen LogP contribution in [-0.2, 0) is 0 Å². The summed E-state index contributed by atoms with van der Waals surface area (Å²) in [7, 11) is 0. The lowest BCUT2D eigenvalue weighted by molar-refractivity contribution is 0.145. The maximum absolute atomic E-state index is 10.3. The van der Waals surface area contributed by atoms with Crippen LogP contribution in [0.5, 0.6) is 0 Å². The Morgan fingerprint density at radius 1 is 0.909 bits per heavy atom. The first-order valence-electron chi connectivity index (χ1n) is 7.96. The standard InChI is InChI=1S/C19H25NOS/c1-3-20(4-2)15-14-19(21)16-10-12-18(13-11-16)22-17-8-6-5-7-9-17/h5-13,19,21H,3-4,14-15H2,1-2H3. The summed E-state index contributed by atoms with van der Waals surface area (Å²) in [6.45, 7) is 7.33. The van der Waals surface area contributed by atoms with E-state index in [0.717, 1.165) is 31.6 Å². The van der Waals surface area contributed by atoms with Gasteiger partial charge in [0.15, 0.2) is 0 Å². The quantitative estimate of drug-likeness (QED) is 0.770. The number of aliphatic hydroxyl groups is 1. The van der Waals surface area contributed by atoms with Gasteiger partial charge < -0.3 is 10.0 Å². The molecule has 0 aromatic heterocycles. The second-order valence-corrected chi connectivity index (χ2v) is 6.46. The number of hydrogen-bond acceptors (Lipinski definition) is 3. The fraction of sp³-hybridized carbons (Fsp3) is 0.368. The molecule has 1 N–H and O–H groups in total.